The maximum atomic E-state index is 6.05. The smallest absolute Gasteiger partial charge is 0.154 e. The third-order valence-electron chi connectivity index (χ3n) is 6.55. The van der Waals surface area contributed by atoms with Gasteiger partial charge in [0.1, 0.15) is 16.9 Å². The van der Waals surface area contributed by atoms with Gasteiger partial charge in [0.25, 0.3) is 0 Å². The van der Waals surface area contributed by atoms with E-state index in [1.807, 2.05) is 24.3 Å². The zero-order valence-electron chi connectivity index (χ0n) is 18.7. The van der Waals surface area contributed by atoms with E-state index in [2.05, 4.69) is 84.3 Å². The van der Waals surface area contributed by atoms with Gasteiger partial charge < -0.3 is 4.42 Å². The van der Waals surface area contributed by atoms with E-state index in [9.17, 15) is 0 Å². The van der Waals surface area contributed by atoms with Gasteiger partial charge in [0.2, 0.25) is 0 Å². The van der Waals surface area contributed by atoms with Crippen molar-refractivity contribution in [3.8, 4) is 16.8 Å². The van der Waals surface area contributed by atoms with Crippen LogP contribution in [-0.2, 0) is 6.42 Å². The van der Waals surface area contributed by atoms with Gasteiger partial charge in [0.05, 0.1) is 16.6 Å². The Morgan fingerprint density at radius 3 is 2.38 bits per heavy atom. The van der Waals surface area contributed by atoms with Gasteiger partial charge in [-0.3, -0.25) is 4.57 Å². The van der Waals surface area contributed by atoms with Gasteiger partial charge in [-0.1, -0.05) is 49.4 Å². The van der Waals surface area contributed by atoms with E-state index < -0.39 is 0 Å². The summed E-state index contributed by atoms with van der Waals surface area (Å²) in [5.41, 5.74) is 9.19. The number of para-hydroxylation sites is 3. The first-order valence-electron chi connectivity index (χ1n) is 11.6. The molecule has 0 bridgehead atoms. The van der Waals surface area contributed by atoms with Crippen molar-refractivity contribution in [3.05, 3.63) is 103 Å². The summed E-state index contributed by atoms with van der Waals surface area (Å²) in [6.07, 6.45) is 0.879. The molecule has 0 N–H and O–H groups in total. The Balaban J connectivity index is 1.31. The van der Waals surface area contributed by atoms with E-state index in [0.29, 0.717) is 0 Å². The zero-order valence-corrected chi connectivity index (χ0v) is 18.7. The molecule has 0 unspecified atom stereocenters. The van der Waals surface area contributed by atoms with Crippen molar-refractivity contribution in [2.24, 2.45) is 0 Å². The molecule has 4 aromatic carbocycles. The lowest BCUT2D eigenvalue weighted by Gasteiger charge is -2.10. The average molecular weight is 440 g/mol. The van der Waals surface area contributed by atoms with E-state index >= 15 is 0 Å². The summed E-state index contributed by atoms with van der Waals surface area (Å²) >= 11 is 0. The predicted molar refractivity (Wildman–Crippen MR) is 138 cm³/mol. The maximum absolute atomic E-state index is 6.05. The molecule has 0 amide bonds. The van der Waals surface area contributed by atoms with Crippen LogP contribution in [0, 0.1) is 0 Å². The summed E-state index contributed by atoms with van der Waals surface area (Å²) in [6, 6.07) is 33.6. The molecular formula is C30H21N3O. The Morgan fingerprint density at radius 1 is 0.706 bits per heavy atom. The summed E-state index contributed by atoms with van der Waals surface area (Å²) in [6.45, 7) is 2.15. The van der Waals surface area contributed by atoms with Crippen molar-refractivity contribution >= 4 is 44.0 Å². The van der Waals surface area contributed by atoms with Gasteiger partial charge in [0, 0.05) is 22.9 Å². The number of rotatable bonds is 3. The second-order valence-electron chi connectivity index (χ2n) is 8.59. The molecule has 3 aromatic heterocycles. The van der Waals surface area contributed by atoms with Crippen LogP contribution < -0.4 is 0 Å². The van der Waals surface area contributed by atoms with Crippen molar-refractivity contribution in [1.29, 1.82) is 0 Å². The van der Waals surface area contributed by atoms with Crippen LogP contribution >= 0.6 is 0 Å². The minimum Gasteiger partial charge on any atom is -0.454 e. The van der Waals surface area contributed by atoms with Gasteiger partial charge >= 0.3 is 0 Å². The van der Waals surface area contributed by atoms with Crippen LogP contribution in [0.2, 0.25) is 0 Å². The fourth-order valence-electron chi connectivity index (χ4n) is 4.88. The van der Waals surface area contributed by atoms with E-state index in [-0.39, 0.29) is 0 Å². The molecule has 0 aliphatic heterocycles. The molecular weight excluding hydrogens is 418 g/mol. The van der Waals surface area contributed by atoms with Crippen molar-refractivity contribution in [2.75, 3.05) is 0 Å². The highest BCUT2D eigenvalue weighted by atomic mass is 16.3. The van der Waals surface area contributed by atoms with Gasteiger partial charge in [-0.25, -0.2) is 9.97 Å². The van der Waals surface area contributed by atoms with Gasteiger partial charge in [-0.15, -0.1) is 0 Å². The van der Waals surface area contributed by atoms with Crippen LogP contribution in [0.1, 0.15) is 12.7 Å². The monoisotopic (exact) mass is 439 g/mol. The molecule has 0 aliphatic carbocycles. The Bertz CT molecular complexity index is 1840. The Morgan fingerprint density at radius 2 is 1.50 bits per heavy atom. The van der Waals surface area contributed by atoms with Crippen molar-refractivity contribution < 1.29 is 4.42 Å². The number of aryl methyl sites for hydroxylation is 1. The number of furan rings is 1. The highest BCUT2D eigenvalue weighted by Gasteiger charge is 2.12. The lowest BCUT2D eigenvalue weighted by atomic mass is 10.0. The molecule has 0 spiro atoms. The first-order valence-corrected chi connectivity index (χ1v) is 11.6. The van der Waals surface area contributed by atoms with Crippen LogP contribution in [0.4, 0.5) is 0 Å². The van der Waals surface area contributed by atoms with E-state index in [1.54, 1.807) is 0 Å². The average Bonchev–Trinajstić information content (AvgIpc) is 3.45. The highest BCUT2D eigenvalue weighted by Crippen LogP contribution is 2.32. The first-order chi connectivity index (χ1) is 16.8. The van der Waals surface area contributed by atoms with Gasteiger partial charge in [0.15, 0.2) is 5.58 Å². The number of pyridine rings is 1. The van der Waals surface area contributed by atoms with Crippen LogP contribution in [-0.4, -0.2) is 14.5 Å². The van der Waals surface area contributed by atoms with Crippen LogP contribution in [0.3, 0.4) is 0 Å². The lowest BCUT2D eigenvalue weighted by Crippen LogP contribution is -1.99. The molecule has 162 valence electrons. The van der Waals surface area contributed by atoms with E-state index in [4.69, 9.17) is 14.4 Å². The topological polar surface area (TPSA) is 43.9 Å². The molecule has 0 atom stereocenters. The molecule has 3 heterocycles. The number of aromatic nitrogens is 3. The number of hydrogen-bond acceptors (Lipinski definition) is 3. The minimum absolute atomic E-state index is 0.820. The van der Waals surface area contributed by atoms with E-state index in [0.717, 1.165) is 73.1 Å². The SMILES string of the molecule is CCc1nc2ccccc2n1-c1ccc(-c2ccc3nc4c(cc3c2)oc2ccccc24)cc1. The largest absolute Gasteiger partial charge is 0.454 e. The molecule has 0 aliphatic rings. The standard InChI is InChI=1S/C30H21N3O/c1-2-29-31-25-8-4-5-9-26(25)33(29)22-14-11-19(12-15-22)20-13-16-24-21(17-20)18-28-30(32-24)23-7-3-6-10-27(23)34-28/h3-18H,2H2,1H3. The third-order valence-corrected chi connectivity index (χ3v) is 6.55. The summed E-state index contributed by atoms with van der Waals surface area (Å²) in [5.74, 6) is 1.07. The molecule has 7 aromatic rings. The maximum Gasteiger partial charge on any atom is 0.154 e. The Labute approximate surface area is 196 Å². The van der Waals surface area contributed by atoms with Gasteiger partial charge in [-0.05, 0) is 65.7 Å². The molecule has 0 saturated heterocycles. The molecule has 4 nitrogen and oxygen atoms in total. The summed E-state index contributed by atoms with van der Waals surface area (Å²) in [7, 11) is 0. The molecule has 0 radical (unpaired) electrons. The zero-order chi connectivity index (χ0) is 22.6. The van der Waals surface area contributed by atoms with Crippen molar-refractivity contribution in [3.63, 3.8) is 0 Å². The Hall–Kier alpha value is -4.44. The van der Waals surface area contributed by atoms with Crippen LogP contribution in [0.25, 0.3) is 60.8 Å². The number of nitrogens with zero attached hydrogens (tertiary/aromatic N) is 3. The van der Waals surface area contributed by atoms with Crippen LogP contribution in [0.15, 0.2) is 101 Å². The van der Waals surface area contributed by atoms with Gasteiger partial charge in [-0.2, -0.15) is 0 Å². The summed E-state index contributed by atoms with van der Waals surface area (Å²) in [4.78, 5) is 9.70. The minimum atomic E-state index is 0.820. The Kier molecular flexibility index (Phi) is 4.09. The predicted octanol–water partition coefficient (Wildman–Crippen LogP) is 7.70. The summed E-state index contributed by atoms with van der Waals surface area (Å²) in [5, 5.41) is 2.12. The molecule has 34 heavy (non-hydrogen) atoms. The molecule has 0 fully saturated rings. The molecule has 7 rings (SSSR count). The number of fused-ring (bicyclic) bond motifs is 5. The van der Waals surface area contributed by atoms with Crippen molar-refractivity contribution in [2.45, 2.75) is 13.3 Å². The third kappa shape index (κ3) is 2.85. The summed E-state index contributed by atoms with van der Waals surface area (Å²) < 4.78 is 8.30. The van der Waals surface area contributed by atoms with E-state index in [1.165, 1.54) is 0 Å². The first kappa shape index (κ1) is 19.1. The second kappa shape index (κ2) is 7.29. The normalized spacial score (nSPS) is 11.8. The number of imidazole rings is 1. The highest BCUT2D eigenvalue weighted by molar-refractivity contribution is 6.06. The lowest BCUT2D eigenvalue weighted by molar-refractivity contribution is 0.669. The molecule has 4 heteroatoms. The number of benzene rings is 4. The fourth-order valence-corrected chi connectivity index (χ4v) is 4.88. The second-order valence-corrected chi connectivity index (χ2v) is 8.59. The molecule has 0 saturated carbocycles. The number of hydrogen-bond donors (Lipinski definition) is 0. The quantitative estimate of drug-likeness (QED) is 0.283. The van der Waals surface area contributed by atoms with Crippen LogP contribution in [0.5, 0.6) is 0 Å². The fraction of sp³-hybridized carbons (Fsp3) is 0.0667. The van der Waals surface area contributed by atoms with Crippen molar-refractivity contribution in [1.82, 2.24) is 14.5 Å².